The highest BCUT2D eigenvalue weighted by molar-refractivity contribution is 5.85. The zero-order valence-electron chi connectivity index (χ0n) is 15.8. The fourth-order valence-corrected chi connectivity index (χ4v) is 5.54. The van der Waals surface area contributed by atoms with Crippen molar-refractivity contribution in [3.63, 3.8) is 0 Å². The number of carbonyl (C=O) groups is 2. The number of nitrogens with zero attached hydrogens (tertiary/aromatic N) is 1. The van der Waals surface area contributed by atoms with Gasteiger partial charge in [0.2, 0.25) is 11.8 Å². The van der Waals surface area contributed by atoms with Crippen LogP contribution in [0.15, 0.2) is 0 Å². The van der Waals surface area contributed by atoms with Crippen LogP contribution >= 0.6 is 12.4 Å². The number of hydrogen-bond donors (Lipinski definition) is 2. The molecule has 0 bridgehead atoms. The Labute approximate surface area is 163 Å². The summed E-state index contributed by atoms with van der Waals surface area (Å²) >= 11 is 0. The van der Waals surface area contributed by atoms with Crippen LogP contribution in [0.3, 0.4) is 0 Å². The summed E-state index contributed by atoms with van der Waals surface area (Å²) in [6.45, 7) is 4.06. The van der Waals surface area contributed by atoms with Crippen molar-refractivity contribution in [1.82, 2.24) is 15.5 Å². The summed E-state index contributed by atoms with van der Waals surface area (Å²) in [6.07, 6.45) is 9.56. The molecule has 148 valence electrons. The van der Waals surface area contributed by atoms with Gasteiger partial charge in [-0.05, 0) is 56.3 Å². The first-order chi connectivity index (χ1) is 12.2. The number of amides is 2. The smallest absolute Gasteiger partial charge is 0.225 e. The predicted molar refractivity (Wildman–Crippen MR) is 104 cm³/mol. The van der Waals surface area contributed by atoms with E-state index in [-0.39, 0.29) is 24.2 Å². The average molecular weight is 384 g/mol. The van der Waals surface area contributed by atoms with Crippen LogP contribution in [0.5, 0.6) is 0 Å². The predicted octanol–water partition coefficient (Wildman–Crippen LogP) is 2.34. The first-order valence-corrected chi connectivity index (χ1v) is 10.5. The zero-order valence-corrected chi connectivity index (χ0v) is 16.6. The number of fused-ring (bicyclic) bond motifs is 1. The van der Waals surface area contributed by atoms with Crippen LogP contribution in [-0.4, -0.2) is 48.9 Å². The van der Waals surface area contributed by atoms with Gasteiger partial charge in [0.05, 0.1) is 0 Å². The molecule has 26 heavy (non-hydrogen) atoms. The van der Waals surface area contributed by atoms with Gasteiger partial charge in [-0.1, -0.05) is 12.8 Å². The van der Waals surface area contributed by atoms with Crippen molar-refractivity contribution in [3.8, 4) is 0 Å². The lowest BCUT2D eigenvalue weighted by molar-refractivity contribution is -0.135. The average Bonchev–Trinajstić information content (AvgIpc) is 3.31. The molecular weight excluding hydrogens is 350 g/mol. The Kier molecular flexibility index (Phi) is 6.84. The topological polar surface area (TPSA) is 61.4 Å². The molecule has 2 aliphatic carbocycles. The molecule has 0 spiro atoms. The van der Waals surface area contributed by atoms with Crippen LogP contribution in [0.25, 0.3) is 0 Å². The minimum atomic E-state index is 0. The van der Waals surface area contributed by atoms with Crippen molar-refractivity contribution in [1.29, 1.82) is 0 Å². The lowest BCUT2D eigenvalue weighted by Crippen LogP contribution is -2.42. The van der Waals surface area contributed by atoms with E-state index in [2.05, 4.69) is 15.5 Å². The maximum Gasteiger partial charge on any atom is 0.225 e. The molecule has 4 fully saturated rings. The molecule has 0 aromatic rings. The van der Waals surface area contributed by atoms with Crippen molar-refractivity contribution < 1.29 is 9.59 Å². The first-order valence-electron chi connectivity index (χ1n) is 10.5. The number of nitrogens with one attached hydrogen (secondary N) is 2. The van der Waals surface area contributed by atoms with E-state index in [0.29, 0.717) is 36.1 Å². The van der Waals surface area contributed by atoms with Crippen molar-refractivity contribution in [3.05, 3.63) is 0 Å². The third kappa shape index (κ3) is 4.53. The van der Waals surface area contributed by atoms with E-state index in [9.17, 15) is 9.59 Å². The minimum Gasteiger partial charge on any atom is -0.353 e. The van der Waals surface area contributed by atoms with E-state index in [1.54, 1.807) is 0 Å². The Morgan fingerprint density at radius 1 is 0.923 bits per heavy atom. The van der Waals surface area contributed by atoms with Gasteiger partial charge >= 0.3 is 0 Å². The molecule has 0 radical (unpaired) electrons. The molecule has 5 nitrogen and oxygen atoms in total. The van der Waals surface area contributed by atoms with Gasteiger partial charge in [0, 0.05) is 44.6 Å². The van der Waals surface area contributed by atoms with E-state index in [0.717, 1.165) is 51.9 Å². The Morgan fingerprint density at radius 2 is 1.54 bits per heavy atom. The summed E-state index contributed by atoms with van der Waals surface area (Å²) < 4.78 is 0. The van der Waals surface area contributed by atoms with Gasteiger partial charge in [0.15, 0.2) is 0 Å². The van der Waals surface area contributed by atoms with E-state index in [1.165, 1.54) is 25.7 Å². The fourth-order valence-electron chi connectivity index (χ4n) is 5.54. The van der Waals surface area contributed by atoms with Crippen LogP contribution in [0.2, 0.25) is 0 Å². The Morgan fingerprint density at radius 3 is 2.15 bits per heavy atom. The minimum absolute atomic E-state index is 0. The van der Waals surface area contributed by atoms with Crippen LogP contribution in [0, 0.1) is 23.7 Å². The van der Waals surface area contributed by atoms with Gasteiger partial charge in [0.1, 0.15) is 0 Å². The second-order valence-corrected chi connectivity index (χ2v) is 8.89. The molecular formula is C20H34ClN3O2. The van der Waals surface area contributed by atoms with Crippen molar-refractivity contribution in [2.45, 2.75) is 63.8 Å². The van der Waals surface area contributed by atoms with Crippen molar-refractivity contribution >= 4 is 24.2 Å². The molecule has 2 atom stereocenters. The Bertz CT molecular complexity index is 489. The quantitative estimate of drug-likeness (QED) is 0.783. The van der Waals surface area contributed by atoms with Gasteiger partial charge in [-0.25, -0.2) is 0 Å². The van der Waals surface area contributed by atoms with Gasteiger partial charge in [-0.2, -0.15) is 0 Å². The molecule has 0 unspecified atom stereocenters. The molecule has 6 heteroatoms. The summed E-state index contributed by atoms with van der Waals surface area (Å²) in [5.41, 5.74) is 0. The molecule has 0 aromatic carbocycles. The van der Waals surface area contributed by atoms with E-state index < -0.39 is 0 Å². The van der Waals surface area contributed by atoms with E-state index >= 15 is 0 Å². The van der Waals surface area contributed by atoms with Crippen LogP contribution in [-0.2, 0) is 9.59 Å². The molecule has 2 aliphatic heterocycles. The van der Waals surface area contributed by atoms with E-state index in [1.807, 2.05) is 0 Å². The summed E-state index contributed by atoms with van der Waals surface area (Å²) in [4.78, 5) is 27.1. The molecule has 2 amide bonds. The lowest BCUT2D eigenvalue weighted by atomic mass is 9.85. The molecule has 2 saturated carbocycles. The van der Waals surface area contributed by atoms with Gasteiger partial charge in [0.25, 0.3) is 0 Å². The maximum atomic E-state index is 12.8. The summed E-state index contributed by atoms with van der Waals surface area (Å²) in [6, 6.07) is 0.292. The SMILES string of the molecule is Cl.O=C(CC1CCCC1)NC1CCC(C(=O)N2C[C@H]3CNC[C@H]3C2)CC1. The number of likely N-dealkylation sites (tertiary alicyclic amines) is 1. The number of carbonyl (C=O) groups excluding carboxylic acids is 2. The lowest BCUT2D eigenvalue weighted by Gasteiger charge is -2.31. The molecule has 4 aliphatic rings. The van der Waals surface area contributed by atoms with Crippen LogP contribution in [0.1, 0.15) is 57.8 Å². The highest BCUT2D eigenvalue weighted by atomic mass is 35.5. The highest BCUT2D eigenvalue weighted by Crippen LogP contribution is 2.32. The van der Waals surface area contributed by atoms with Gasteiger partial charge in [-0.3, -0.25) is 9.59 Å². The normalized spacial score (nSPS) is 34.4. The third-order valence-corrected chi connectivity index (χ3v) is 7.09. The molecule has 2 N–H and O–H groups in total. The Balaban J connectivity index is 0.00000196. The van der Waals surface area contributed by atoms with E-state index in [4.69, 9.17) is 0 Å². The second-order valence-electron chi connectivity index (χ2n) is 8.89. The van der Waals surface area contributed by atoms with Crippen molar-refractivity contribution in [2.75, 3.05) is 26.2 Å². The highest BCUT2D eigenvalue weighted by Gasteiger charge is 2.40. The number of rotatable bonds is 4. The number of halogens is 1. The van der Waals surface area contributed by atoms with Crippen LogP contribution in [0.4, 0.5) is 0 Å². The van der Waals surface area contributed by atoms with Crippen molar-refractivity contribution in [2.24, 2.45) is 23.7 Å². The van der Waals surface area contributed by atoms with Gasteiger partial charge in [-0.15, -0.1) is 12.4 Å². The monoisotopic (exact) mass is 383 g/mol. The Hall–Kier alpha value is -0.810. The first kappa shape index (κ1) is 19.9. The number of hydrogen-bond acceptors (Lipinski definition) is 3. The molecule has 2 saturated heterocycles. The summed E-state index contributed by atoms with van der Waals surface area (Å²) in [5, 5.41) is 6.67. The van der Waals surface area contributed by atoms with Crippen LogP contribution < -0.4 is 10.6 Å². The molecule has 0 aromatic heterocycles. The molecule has 4 rings (SSSR count). The summed E-state index contributed by atoms with van der Waals surface area (Å²) in [7, 11) is 0. The second kappa shape index (κ2) is 8.92. The zero-order chi connectivity index (χ0) is 17.2. The van der Waals surface area contributed by atoms with Gasteiger partial charge < -0.3 is 15.5 Å². The third-order valence-electron chi connectivity index (χ3n) is 7.09. The summed E-state index contributed by atoms with van der Waals surface area (Å²) in [5.74, 6) is 2.77. The standard InChI is InChI=1S/C20H33N3O2.ClH/c24-19(9-14-3-1-2-4-14)22-18-7-5-15(6-8-18)20(25)23-12-16-10-21-11-17(16)13-23;/h14-18,21H,1-13H2,(H,22,24);1H/t15?,16-,17+,18?;. The molecule has 2 heterocycles. The fraction of sp³-hybridized carbons (Fsp3) is 0.900. The largest absolute Gasteiger partial charge is 0.353 e. The maximum absolute atomic E-state index is 12.8.